The van der Waals surface area contributed by atoms with Crippen molar-refractivity contribution < 1.29 is 14.3 Å². The van der Waals surface area contributed by atoms with Crippen molar-refractivity contribution in [3.8, 4) is 5.75 Å². The number of aryl methyl sites for hydroxylation is 1. The lowest BCUT2D eigenvalue weighted by Crippen LogP contribution is -2.21. The van der Waals surface area contributed by atoms with E-state index in [0.29, 0.717) is 12.5 Å². The summed E-state index contributed by atoms with van der Waals surface area (Å²) in [6, 6.07) is 27.7. The van der Waals surface area contributed by atoms with E-state index in [1.54, 1.807) is 0 Å². The van der Waals surface area contributed by atoms with Crippen molar-refractivity contribution in [1.82, 2.24) is 0 Å². The SMILES string of the molecule is CCCCCCC(CCc1ccccc1OCc1ccc(C2(C(=O)OC)CC2)cc1)Cc1ccccc1. The van der Waals surface area contributed by atoms with Crippen LogP contribution in [0.3, 0.4) is 0 Å². The van der Waals surface area contributed by atoms with E-state index in [4.69, 9.17) is 9.47 Å². The van der Waals surface area contributed by atoms with Gasteiger partial charge in [0.15, 0.2) is 0 Å². The minimum atomic E-state index is -0.423. The molecule has 1 aliphatic carbocycles. The third kappa shape index (κ3) is 7.47. The van der Waals surface area contributed by atoms with Crippen LogP contribution < -0.4 is 4.74 Å². The summed E-state index contributed by atoms with van der Waals surface area (Å²) in [5.41, 5.74) is 4.46. The molecule has 0 aromatic heterocycles. The number of hydrogen-bond acceptors (Lipinski definition) is 3. The quantitative estimate of drug-likeness (QED) is 0.156. The molecular formula is C34H42O3. The third-order valence-electron chi connectivity index (χ3n) is 7.85. The van der Waals surface area contributed by atoms with Crippen LogP contribution in [0.25, 0.3) is 0 Å². The molecule has 3 nitrogen and oxygen atoms in total. The van der Waals surface area contributed by atoms with Crippen LogP contribution in [0.1, 0.15) is 80.5 Å². The second kappa shape index (κ2) is 13.5. The molecule has 1 atom stereocenters. The fourth-order valence-corrected chi connectivity index (χ4v) is 5.38. The predicted octanol–water partition coefficient (Wildman–Crippen LogP) is 8.23. The lowest BCUT2D eigenvalue weighted by atomic mass is 9.88. The van der Waals surface area contributed by atoms with Crippen molar-refractivity contribution in [2.75, 3.05) is 7.11 Å². The Bertz CT molecular complexity index is 1100. The van der Waals surface area contributed by atoms with Crippen molar-refractivity contribution in [2.45, 2.75) is 83.2 Å². The summed E-state index contributed by atoms with van der Waals surface area (Å²) in [6.45, 7) is 2.80. The lowest BCUT2D eigenvalue weighted by molar-refractivity contribution is -0.143. The Labute approximate surface area is 223 Å². The molecule has 4 rings (SSSR count). The van der Waals surface area contributed by atoms with Crippen LogP contribution in [0.15, 0.2) is 78.9 Å². The van der Waals surface area contributed by atoms with E-state index >= 15 is 0 Å². The number of ether oxygens (including phenoxy) is 2. The predicted molar refractivity (Wildman–Crippen MR) is 151 cm³/mol. The van der Waals surface area contributed by atoms with Gasteiger partial charge in [-0.25, -0.2) is 0 Å². The first kappa shape index (κ1) is 27.0. The molecule has 0 heterocycles. The Kier molecular flexibility index (Phi) is 9.82. The van der Waals surface area contributed by atoms with Gasteiger partial charge in [-0.1, -0.05) is 112 Å². The maximum absolute atomic E-state index is 12.2. The Morgan fingerprint density at radius 3 is 2.27 bits per heavy atom. The standard InChI is InChI=1S/C34H42O3/c1-3-4-5-7-14-28(25-27-12-8-6-9-13-27)17-20-30-15-10-11-16-32(30)37-26-29-18-21-31(22-19-29)34(23-24-34)33(35)36-2/h6,8-13,15-16,18-19,21-22,28H,3-5,7,14,17,20,23-26H2,1-2H3. The number of unbranched alkanes of at least 4 members (excludes halogenated alkanes) is 3. The smallest absolute Gasteiger partial charge is 0.316 e. The van der Waals surface area contributed by atoms with Crippen LogP contribution in [0, 0.1) is 5.92 Å². The van der Waals surface area contributed by atoms with E-state index in [9.17, 15) is 4.79 Å². The Balaban J connectivity index is 1.35. The van der Waals surface area contributed by atoms with Crippen molar-refractivity contribution in [3.05, 3.63) is 101 Å². The molecule has 3 aromatic carbocycles. The lowest BCUT2D eigenvalue weighted by Gasteiger charge is -2.19. The van der Waals surface area contributed by atoms with Gasteiger partial charge in [0.1, 0.15) is 12.4 Å². The number of hydrogen-bond donors (Lipinski definition) is 0. The van der Waals surface area contributed by atoms with Crippen molar-refractivity contribution in [2.24, 2.45) is 5.92 Å². The second-order valence-corrected chi connectivity index (χ2v) is 10.6. The number of para-hydroxylation sites is 1. The third-order valence-corrected chi connectivity index (χ3v) is 7.85. The summed E-state index contributed by atoms with van der Waals surface area (Å²) < 4.78 is 11.3. The number of carbonyl (C=O) groups is 1. The van der Waals surface area contributed by atoms with Crippen LogP contribution in [0.4, 0.5) is 0 Å². The van der Waals surface area contributed by atoms with E-state index in [-0.39, 0.29) is 5.97 Å². The molecule has 196 valence electrons. The summed E-state index contributed by atoms with van der Waals surface area (Å²) in [7, 11) is 1.47. The summed E-state index contributed by atoms with van der Waals surface area (Å²) in [5.74, 6) is 1.54. The van der Waals surface area contributed by atoms with Gasteiger partial charge in [-0.2, -0.15) is 0 Å². The van der Waals surface area contributed by atoms with E-state index in [2.05, 4.69) is 85.8 Å². The zero-order chi connectivity index (χ0) is 25.9. The fraction of sp³-hybridized carbons (Fsp3) is 0.441. The highest BCUT2D eigenvalue weighted by molar-refractivity contribution is 5.86. The topological polar surface area (TPSA) is 35.5 Å². The van der Waals surface area contributed by atoms with Gasteiger partial charge in [0.25, 0.3) is 0 Å². The molecule has 1 aliphatic rings. The van der Waals surface area contributed by atoms with Crippen LogP contribution in [0.5, 0.6) is 5.75 Å². The first-order valence-electron chi connectivity index (χ1n) is 14.1. The highest BCUT2D eigenvalue weighted by Gasteiger charge is 2.52. The Hall–Kier alpha value is -3.07. The van der Waals surface area contributed by atoms with E-state index in [1.165, 1.54) is 56.8 Å². The number of carbonyl (C=O) groups excluding carboxylic acids is 1. The van der Waals surface area contributed by atoms with Gasteiger partial charge in [0.2, 0.25) is 0 Å². The van der Waals surface area contributed by atoms with Crippen LogP contribution >= 0.6 is 0 Å². The van der Waals surface area contributed by atoms with E-state index in [1.807, 2.05) is 0 Å². The second-order valence-electron chi connectivity index (χ2n) is 10.6. The highest BCUT2D eigenvalue weighted by atomic mass is 16.5. The molecule has 0 radical (unpaired) electrons. The molecule has 3 heteroatoms. The molecule has 37 heavy (non-hydrogen) atoms. The zero-order valence-electron chi connectivity index (χ0n) is 22.6. The van der Waals surface area contributed by atoms with Gasteiger partial charge >= 0.3 is 5.97 Å². The average Bonchev–Trinajstić information content (AvgIpc) is 3.76. The molecule has 1 unspecified atom stereocenters. The van der Waals surface area contributed by atoms with Crippen LogP contribution in [0.2, 0.25) is 0 Å². The monoisotopic (exact) mass is 498 g/mol. The summed E-state index contributed by atoms with van der Waals surface area (Å²) in [6.07, 6.45) is 11.6. The summed E-state index contributed by atoms with van der Waals surface area (Å²) in [4.78, 5) is 12.2. The molecule has 0 amide bonds. The first-order chi connectivity index (χ1) is 18.1. The Morgan fingerprint density at radius 2 is 1.57 bits per heavy atom. The minimum Gasteiger partial charge on any atom is -0.489 e. The number of methoxy groups -OCH3 is 1. The van der Waals surface area contributed by atoms with Crippen molar-refractivity contribution in [3.63, 3.8) is 0 Å². The zero-order valence-corrected chi connectivity index (χ0v) is 22.6. The highest BCUT2D eigenvalue weighted by Crippen LogP contribution is 2.49. The van der Waals surface area contributed by atoms with Crippen LogP contribution in [-0.4, -0.2) is 13.1 Å². The van der Waals surface area contributed by atoms with Gasteiger partial charge in [0, 0.05) is 0 Å². The number of esters is 1. The molecule has 0 aliphatic heterocycles. The largest absolute Gasteiger partial charge is 0.489 e. The van der Waals surface area contributed by atoms with Gasteiger partial charge in [-0.15, -0.1) is 0 Å². The molecular weight excluding hydrogens is 456 g/mol. The molecule has 1 fully saturated rings. The van der Waals surface area contributed by atoms with Crippen molar-refractivity contribution >= 4 is 5.97 Å². The van der Waals surface area contributed by atoms with Gasteiger partial charge in [-0.3, -0.25) is 4.79 Å². The molecule has 0 bridgehead atoms. The average molecular weight is 499 g/mol. The summed E-state index contributed by atoms with van der Waals surface area (Å²) in [5, 5.41) is 0. The maximum Gasteiger partial charge on any atom is 0.316 e. The van der Waals surface area contributed by atoms with E-state index in [0.717, 1.165) is 42.6 Å². The number of rotatable bonds is 15. The molecule has 1 saturated carbocycles. The molecule has 3 aromatic rings. The van der Waals surface area contributed by atoms with Gasteiger partial charge in [0.05, 0.1) is 12.5 Å². The van der Waals surface area contributed by atoms with Crippen LogP contribution in [-0.2, 0) is 34.4 Å². The molecule has 0 saturated heterocycles. The number of benzene rings is 3. The minimum absolute atomic E-state index is 0.124. The molecule has 0 N–H and O–H groups in total. The normalized spacial score (nSPS) is 14.6. The Morgan fingerprint density at radius 1 is 0.838 bits per heavy atom. The molecule has 0 spiro atoms. The van der Waals surface area contributed by atoms with Gasteiger partial charge in [-0.05, 0) is 66.3 Å². The maximum atomic E-state index is 12.2. The van der Waals surface area contributed by atoms with Crippen molar-refractivity contribution in [1.29, 1.82) is 0 Å². The first-order valence-corrected chi connectivity index (χ1v) is 14.1. The van der Waals surface area contributed by atoms with Gasteiger partial charge < -0.3 is 9.47 Å². The van der Waals surface area contributed by atoms with E-state index < -0.39 is 5.41 Å². The summed E-state index contributed by atoms with van der Waals surface area (Å²) >= 11 is 0. The fourth-order valence-electron chi connectivity index (χ4n) is 5.38.